The number of nitrogens with one attached hydrogen (secondary N) is 2. The first kappa shape index (κ1) is 19.0. The molecule has 5 nitrogen and oxygen atoms in total. The Labute approximate surface area is 159 Å². The Morgan fingerprint density at radius 3 is 3.00 bits per heavy atom. The van der Waals surface area contributed by atoms with Gasteiger partial charge in [0.15, 0.2) is 5.96 Å². The lowest BCUT2D eigenvalue weighted by atomic mass is 10.2. The van der Waals surface area contributed by atoms with Crippen molar-refractivity contribution in [3.63, 3.8) is 0 Å². The number of hydrogen-bond acceptors (Lipinski definition) is 4. The summed E-state index contributed by atoms with van der Waals surface area (Å²) in [5.74, 6) is 1.84. The fourth-order valence-corrected chi connectivity index (χ4v) is 4.09. The van der Waals surface area contributed by atoms with Gasteiger partial charge in [-0.15, -0.1) is 11.3 Å². The van der Waals surface area contributed by atoms with Crippen LogP contribution in [0.2, 0.25) is 0 Å². The highest BCUT2D eigenvalue weighted by molar-refractivity contribution is 7.11. The lowest BCUT2D eigenvalue weighted by Gasteiger charge is -2.18. The van der Waals surface area contributed by atoms with Crippen LogP contribution in [0, 0.1) is 6.92 Å². The number of guanidine groups is 1. The van der Waals surface area contributed by atoms with E-state index in [2.05, 4.69) is 36.6 Å². The molecule has 1 saturated heterocycles. The molecule has 0 saturated carbocycles. The topological polar surface area (TPSA) is 58.8 Å². The maximum absolute atomic E-state index is 5.69. The van der Waals surface area contributed by atoms with Gasteiger partial charge in [0.05, 0.1) is 18.9 Å². The highest BCUT2D eigenvalue weighted by Gasteiger charge is 2.15. The van der Waals surface area contributed by atoms with Gasteiger partial charge in [-0.05, 0) is 51.0 Å². The van der Waals surface area contributed by atoms with Crippen molar-refractivity contribution in [2.24, 2.45) is 4.99 Å². The molecule has 3 rings (SSSR count). The third kappa shape index (κ3) is 6.18. The van der Waals surface area contributed by atoms with E-state index < -0.39 is 0 Å². The summed E-state index contributed by atoms with van der Waals surface area (Å²) in [4.78, 5) is 7.51. The van der Waals surface area contributed by atoms with Gasteiger partial charge in [0, 0.05) is 41.8 Å². The minimum atomic E-state index is 0.258. The first-order valence-corrected chi connectivity index (χ1v) is 10.2. The quantitative estimate of drug-likeness (QED) is 0.547. The molecule has 1 aliphatic rings. The van der Waals surface area contributed by atoms with Gasteiger partial charge in [0.1, 0.15) is 5.76 Å². The van der Waals surface area contributed by atoms with Crippen molar-refractivity contribution in [2.45, 2.75) is 51.7 Å². The van der Waals surface area contributed by atoms with Crippen LogP contribution < -0.4 is 10.6 Å². The van der Waals surface area contributed by atoms with Gasteiger partial charge in [-0.25, -0.2) is 0 Å². The third-order valence-corrected chi connectivity index (χ3v) is 5.43. The number of aryl methyl sites for hydroxylation is 1. The van der Waals surface area contributed by atoms with E-state index in [1.54, 1.807) is 6.26 Å². The number of aliphatic imine (C=N–C) groups is 1. The molecule has 2 aromatic rings. The van der Waals surface area contributed by atoms with Gasteiger partial charge in [0.25, 0.3) is 0 Å². The zero-order valence-corrected chi connectivity index (χ0v) is 16.5. The van der Waals surface area contributed by atoms with Gasteiger partial charge in [-0.3, -0.25) is 4.99 Å². The van der Waals surface area contributed by atoms with Crippen LogP contribution in [0.5, 0.6) is 0 Å². The van der Waals surface area contributed by atoms with Gasteiger partial charge in [0.2, 0.25) is 0 Å². The molecule has 2 atom stereocenters. The molecule has 2 aromatic heterocycles. The Kier molecular flexibility index (Phi) is 7.14. The van der Waals surface area contributed by atoms with Crippen LogP contribution in [0.1, 0.15) is 35.3 Å². The second-order valence-corrected chi connectivity index (χ2v) is 8.21. The summed E-state index contributed by atoms with van der Waals surface area (Å²) in [7, 11) is 0. The molecule has 0 spiro atoms. The van der Waals surface area contributed by atoms with Gasteiger partial charge in [-0.2, -0.15) is 0 Å². The molecule has 0 amide bonds. The minimum absolute atomic E-state index is 0.258. The minimum Gasteiger partial charge on any atom is -0.469 e. The zero-order valence-electron chi connectivity index (χ0n) is 15.7. The third-order valence-electron chi connectivity index (χ3n) is 4.41. The number of furan rings is 1. The van der Waals surface area contributed by atoms with Crippen molar-refractivity contribution in [2.75, 3.05) is 19.7 Å². The van der Waals surface area contributed by atoms with Gasteiger partial charge in [-0.1, -0.05) is 0 Å². The lowest BCUT2D eigenvalue weighted by molar-refractivity contribution is 0.117. The molecule has 1 fully saturated rings. The van der Waals surface area contributed by atoms with Crippen molar-refractivity contribution in [1.29, 1.82) is 0 Å². The first-order valence-electron chi connectivity index (χ1n) is 9.43. The van der Waals surface area contributed by atoms with Crippen LogP contribution in [-0.2, 0) is 17.6 Å². The summed E-state index contributed by atoms with van der Waals surface area (Å²) in [6.45, 7) is 6.71. The maximum Gasteiger partial charge on any atom is 0.191 e. The molecule has 0 radical (unpaired) electrons. The average molecular weight is 376 g/mol. The summed E-state index contributed by atoms with van der Waals surface area (Å²) in [6, 6.07) is 8.63. The van der Waals surface area contributed by atoms with E-state index in [0.717, 1.165) is 50.6 Å². The Hall–Kier alpha value is -1.79. The predicted molar refractivity (Wildman–Crippen MR) is 107 cm³/mol. The fraction of sp³-hybridized carbons (Fsp3) is 0.550. The molecule has 3 heterocycles. The van der Waals surface area contributed by atoms with Crippen LogP contribution in [0.4, 0.5) is 0 Å². The van der Waals surface area contributed by atoms with E-state index in [-0.39, 0.29) is 6.10 Å². The highest BCUT2D eigenvalue weighted by atomic mass is 32.1. The second-order valence-electron chi connectivity index (χ2n) is 6.84. The van der Waals surface area contributed by atoms with Crippen LogP contribution in [0.3, 0.4) is 0 Å². The number of ether oxygens (including phenoxy) is 1. The molecule has 0 bridgehead atoms. The fourth-order valence-electron chi connectivity index (χ4n) is 3.07. The number of rotatable bonds is 8. The molecule has 2 unspecified atom stereocenters. The molecule has 6 heteroatoms. The Balaban J connectivity index is 1.52. The Morgan fingerprint density at radius 1 is 1.38 bits per heavy atom. The lowest BCUT2D eigenvalue weighted by Crippen LogP contribution is -2.44. The molecule has 0 aliphatic carbocycles. The Bertz CT molecular complexity index is 675. The SMILES string of the molecule is Cc1ccc(CC(C)NC(=NCC2CCCO2)NCCc2ccco2)s1. The summed E-state index contributed by atoms with van der Waals surface area (Å²) in [6.07, 6.45) is 6.05. The Morgan fingerprint density at radius 2 is 2.31 bits per heavy atom. The van der Waals surface area contributed by atoms with E-state index in [1.165, 1.54) is 9.75 Å². The van der Waals surface area contributed by atoms with E-state index in [9.17, 15) is 0 Å². The summed E-state index contributed by atoms with van der Waals surface area (Å²) >= 11 is 1.86. The van der Waals surface area contributed by atoms with Gasteiger partial charge < -0.3 is 19.8 Å². The highest BCUT2D eigenvalue weighted by Crippen LogP contribution is 2.16. The largest absolute Gasteiger partial charge is 0.469 e. The standard InChI is InChI=1S/C20H29N3O2S/c1-15(13-19-8-7-16(2)26-19)23-20(22-14-18-6-4-12-25-18)21-10-9-17-5-3-11-24-17/h3,5,7-8,11,15,18H,4,6,9-10,12-14H2,1-2H3,(H2,21,22,23). The molecule has 142 valence electrons. The van der Waals surface area contributed by atoms with Crippen molar-refractivity contribution >= 4 is 17.3 Å². The second kappa shape index (κ2) is 9.78. The molecule has 1 aliphatic heterocycles. The molecule has 2 N–H and O–H groups in total. The molecule has 0 aromatic carbocycles. The molecular weight excluding hydrogens is 346 g/mol. The number of nitrogens with zero attached hydrogens (tertiary/aromatic N) is 1. The van der Waals surface area contributed by atoms with Crippen molar-refractivity contribution in [3.8, 4) is 0 Å². The smallest absolute Gasteiger partial charge is 0.191 e. The van der Waals surface area contributed by atoms with Crippen LogP contribution in [-0.4, -0.2) is 37.8 Å². The predicted octanol–water partition coefficient (Wildman–Crippen LogP) is 3.54. The number of thiophene rings is 1. The van der Waals surface area contributed by atoms with Crippen molar-refractivity contribution in [3.05, 3.63) is 46.0 Å². The first-order chi connectivity index (χ1) is 12.7. The van der Waals surface area contributed by atoms with E-state index in [4.69, 9.17) is 14.1 Å². The summed E-state index contributed by atoms with van der Waals surface area (Å²) in [5.41, 5.74) is 0. The van der Waals surface area contributed by atoms with E-state index in [1.807, 2.05) is 23.5 Å². The molecular formula is C20H29N3O2S. The van der Waals surface area contributed by atoms with E-state index >= 15 is 0 Å². The summed E-state index contributed by atoms with van der Waals surface area (Å²) < 4.78 is 11.1. The van der Waals surface area contributed by atoms with Crippen molar-refractivity contribution in [1.82, 2.24) is 10.6 Å². The normalized spacial score (nSPS) is 18.8. The zero-order chi connectivity index (χ0) is 18.2. The van der Waals surface area contributed by atoms with Crippen molar-refractivity contribution < 1.29 is 9.15 Å². The number of hydrogen-bond donors (Lipinski definition) is 2. The monoisotopic (exact) mass is 375 g/mol. The average Bonchev–Trinajstić information content (AvgIpc) is 3.35. The summed E-state index contributed by atoms with van der Waals surface area (Å²) in [5, 5.41) is 6.97. The van der Waals surface area contributed by atoms with E-state index in [0.29, 0.717) is 12.6 Å². The van der Waals surface area contributed by atoms with Crippen LogP contribution in [0.15, 0.2) is 39.9 Å². The molecule has 26 heavy (non-hydrogen) atoms. The van der Waals surface area contributed by atoms with Crippen LogP contribution in [0.25, 0.3) is 0 Å². The van der Waals surface area contributed by atoms with Gasteiger partial charge >= 0.3 is 0 Å². The maximum atomic E-state index is 5.69. The van der Waals surface area contributed by atoms with Crippen LogP contribution >= 0.6 is 11.3 Å².